The van der Waals surface area contributed by atoms with Crippen LogP contribution in [-0.2, 0) is 6.18 Å². The van der Waals surface area contributed by atoms with Gasteiger partial charge in [0, 0.05) is 23.3 Å². The number of alkyl halides is 3. The van der Waals surface area contributed by atoms with Gasteiger partial charge < -0.3 is 16.2 Å². The lowest BCUT2D eigenvalue weighted by molar-refractivity contribution is -0.136. The minimum absolute atomic E-state index is 0.0566. The second-order valence-electron chi connectivity index (χ2n) is 7.82. The van der Waals surface area contributed by atoms with Crippen molar-refractivity contribution in [2.75, 3.05) is 12.3 Å². The van der Waals surface area contributed by atoms with Crippen molar-refractivity contribution in [1.29, 1.82) is 0 Å². The lowest BCUT2D eigenvalue weighted by atomic mass is 10.1. The molecule has 1 amide bonds. The van der Waals surface area contributed by atoms with Gasteiger partial charge in [-0.25, -0.2) is 9.50 Å². The predicted molar refractivity (Wildman–Crippen MR) is 124 cm³/mol. The molecule has 1 aromatic carbocycles. The van der Waals surface area contributed by atoms with E-state index in [2.05, 4.69) is 20.4 Å². The number of carbonyl (C=O) groups excluding carboxylic acids is 1. The maximum Gasteiger partial charge on any atom is 0.418 e. The summed E-state index contributed by atoms with van der Waals surface area (Å²) in [5, 5.41) is 17.5. The van der Waals surface area contributed by atoms with Crippen LogP contribution in [0.15, 0.2) is 48.9 Å². The van der Waals surface area contributed by atoms with E-state index in [1.54, 1.807) is 31.2 Å². The average Bonchev–Trinajstić information content (AvgIpc) is 3.21. The van der Waals surface area contributed by atoms with Gasteiger partial charge >= 0.3 is 6.18 Å². The Balaban J connectivity index is 1.58. The zero-order valence-electron chi connectivity index (χ0n) is 18.3. The molecule has 3 aromatic heterocycles. The number of amides is 1. The largest absolute Gasteiger partial charge is 0.418 e. The van der Waals surface area contributed by atoms with E-state index >= 15 is 0 Å². The van der Waals surface area contributed by atoms with Crippen LogP contribution in [0.1, 0.15) is 39.7 Å². The van der Waals surface area contributed by atoms with Gasteiger partial charge in [-0.2, -0.15) is 18.3 Å². The Morgan fingerprint density at radius 1 is 1.23 bits per heavy atom. The third-order valence-electron chi connectivity index (χ3n) is 5.47. The molecule has 1 atom stereocenters. The fourth-order valence-electron chi connectivity index (χ4n) is 3.66. The smallest absolute Gasteiger partial charge is 0.388 e. The Bertz CT molecular complexity index is 1390. The molecule has 1 unspecified atom stereocenters. The van der Waals surface area contributed by atoms with E-state index in [-0.39, 0.29) is 41.1 Å². The van der Waals surface area contributed by atoms with Crippen molar-refractivity contribution < 1.29 is 23.1 Å². The normalized spacial score (nSPS) is 12.6. The Morgan fingerprint density at radius 2 is 1.94 bits per heavy atom. The number of pyridine rings is 1. The Morgan fingerprint density at radius 3 is 2.63 bits per heavy atom. The number of rotatable bonds is 6. The summed E-state index contributed by atoms with van der Waals surface area (Å²) in [5.41, 5.74) is 5.84. The SMILES string of the molecule is Cc1ncc(-c2cc(C(F)(F)F)c3c(N)ncnn23)cc1C(=O)NCCC(O)c1ccc(Cl)cc1. The molecule has 182 valence electrons. The highest BCUT2D eigenvalue weighted by Gasteiger charge is 2.36. The molecule has 0 saturated heterocycles. The van der Waals surface area contributed by atoms with E-state index in [1.807, 2.05) is 0 Å². The topological polar surface area (TPSA) is 118 Å². The Kier molecular flexibility index (Phi) is 6.64. The number of aromatic nitrogens is 4. The standard InChI is InChI=1S/C23H20ClF3N6O2/c1-12-16(22(35)29-7-6-19(34)13-2-4-15(24)5-3-13)8-14(10-30-12)18-9-17(23(25,26)27)20-21(28)31-11-32-33(18)20/h2-5,8-11,19,34H,6-7H2,1H3,(H,29,35)(H2,28,31,32). The van der Waals surface area contributed by atoms with E-state index in [9.17, 15) is 23.1 Å². The first-order valence-corrected chi connectivity index (χ1v) is 10.8. The summed E-state index contributed by atoms with van der Waals surface area (Å²) in [5.74, 6) is -0.804. The molecule has 0 fully saturated rings. The maximum absolute atomic E-state index is 13.6. The molecule has 4 aromatic rings. The van der Waals surface area contributed by atoms with Crippen molar-refractivity contribution in [1.82, 2.24) is 24.9 Å². The highest BCUT2D eigenvalue weighted by Crippen LogP contribution is 2.38. The van der Waals surface area contributed by atoms with Crippen LogP contribution in [0, 0.1) is 6.92 Å². The van der Waals surface area contributed by atoms with Gasteiger partial charge in [0.1, 0.15) is 11.8 Å². The summed E-state index contributed by atoms with van der Waals surface area (Å²) >= 11 is 5.85. The van der Waals surface area contributed by atoms with Crippen molar-refractivity contribution in [2.45, 2.75) is 25.6 Å². The summed E-state index contributed by atoms with van der Waals surface area (Å²) < 4.78 is 41.9. The molecule has 0 bridgehead atoms. The third-order valence-corrected chi connectivity index (χ3v) is 5.73. The summed E-state index contributed by atoms with van der Waals surface area (Å²) in [7, 11) is 0. The fraction of sp³-hybridized carbons (Fsp3) is 0.217. The quantitative estimate of drug-likeness (QED) is 0.362. The Hall–Kier alpha value is -3.70. The van der Waals surface area contributed by atoms with Crippen LogP contribution in [0.5, 0.6) is 0 Å². The molecule has 0 saturated carbocycles. The van der Waals surface area contributed by atoms with Crippen molar-refractivity contribution >= 4 is 28.8 Å². The predicted octanol–water partition coefficient (Wildman–Crippen LogP) is 4.21. The number of fused-ring (bicyclic) bond motifs is 1. The van der Waals surface area contributed by atoms with Crippen LogP contribution in [-0.4, -0.2) is 37.1 Å². The van der Waals surface area contributed by atoms with Gasteiger partial charge in [0.15, 0.2) is 5.82 Å². The fourth-order valence-corrected chi connectivity index (χ4v) is 3.79. The second kappa shape index (κ2) is 9.51. The van der Waals surface area contributed by atoms with Gasteiger partial charge in [0.05, 0.1) is 28.6 Å². The van der Waals surface area contributed by atoms with Gasteiger partial charge in [-0.15, -0.1) is 0 Å². The minimum atomic E-state index is -4.69. The van der Waals surface area contributed by atoms with E-state index in [4.69, 9.17) is 17.3 Å². The lowest BCUT2D eigenvalue weighted by Crippen LogP contribution is -2.26. The van der Waals surface area contributed by atoms with E-state index < -0.39 is 23.8 Å². The number of nitrogen functional groups attached to an aromatic ring is 1. The molecule has 0 aliphatic carbocycles. The van der Waals surface area contributed by atoms with E-state index in [1.165, 1.54) is 12.3 Å². The maximum atomic E-state index is 13.6. The zero-order chi connectivity index (χ0) is 25.3. The van der Waals surface area contributed by atoms with Crippen LogP contribution in [0.2, 0.25) is 5.02 Å². The van der Waals surface area contributed by atoms with Crippen LogP contribution >= 0.6 is 11.6 Å². The van der Waals surface area contributed by atoms with Crippen LogP contribution in [0.3, 0.4) is 0 Å². The first kappa shape index (κ1) is 24.4. The summed E-state index contributed by atoms with van der Waals surface area (Å²) in [6, 6.07) is 9.05. The average molecular weight is 505 g/mol. The number of hydrogen-bond acceptors (Lipinski definition) is 6. The number of benzene rings is 1. The van der Waals surface area contributed by atoms with Crippen molar-refractivity contribution in [3.63, 3.8) is 0 Å². The number of aliphatic hydroxyl groups excluding tert-OH is 1. The number of carbonyl (C=O) groups is 1. The molecule has 4 N–H and O–H groups in total. The van der Waals surface area contributed by atoms with Gasteiger partial charge in [-0.1, -0.05) is 23.7 Å². The summed E-state index contributed by atoms with van der Waals surface area (Å²) in [6.07, 6.45) is -2.85. The van der Waals surface area contributed by atoms with Gasteiger partial charge in [-0.3, -0.25) is 9.78 Å². The number of hydrogen-bond donors (Lipinski definition) is 3. The molecular weight excluding hydrogens is 485 g/mol. The van der Waals surface area contributed by atoms with Crippen molar-refractivity contribution in [2.24, 2.45) is 0 Å². The minimum Gasteiger partial charge on any atom is -0.388 e. The molecule has 0 aliphatic heterocycles. The zero-order valence-corrected chi connectivity index (χ0v) is 19.1. The second-order valence-corrected chi connectivity index (χ2v) is 8.25. The monoisotopic (exact) mass is 504 g/mol. The molecule has 4 rings (SSSR count). The molecule has 0 radical (unpaired) electrons. The molecule has 8 nitrogen and oxygen atoms in total. The van der Waals surface area contributed by atoms with Gasteiger partial charge in [0.25, 0.3) is 5.91 Å². The molecular formula is C23H20ClF3N6O2. The van der Waals surface area contributed by atoms with E-state index in [0.29, 0.717) is 16.3 Å². The van der Waals surface area contributed by atoms with Crippen molar-refractivity contribution in [3.05, 3.63) is 76.3 Å². The Labute approximate surface area is 202 Å². The number of nitrogens with two attached hydrogens (primary N) is 1. The van der Waals surface area contributed by atoms with Crippen LogP contribution in [0.4, 0.5) is 19.0 Å². The number of anilines is 1. The van der Waals surface area contributed by atoms with Gasteiger partial charge in [-0.05, 0) is 43.2 Å². The molecule has 3 heterocycles. The summed E-state index contributed by atoms with van der Waals surface area (Å²) in [4.78, 5) is 20.7. The summed E-state index contributed by atoms with van der Waals surface area (Å²) in [6.45, 7) is 1.77. The van der Waals surface area contributed by atoms with Crippen molar-refractivity contribution in [3.8, 4) is 11.3 Å². The number of nitrogens with zero attached hydrogens (tertiary/aromatic N) is 4. The number of nitrogens with one attached hydrogen (secondary N) is 1. The first-order chi connectivity index (χ1) is 16.6. The van der Waals surface area contributed by atoms with Crippen LogP contribution in [0.25, 0.3) is 16.8 Å². The lowest BCUT2D eigenvalue weighted by Gasteiger charge is -2.13. The third kappa shape index (κ3) is 5.05. The van der Waals surface area contributed by atoms with Crippen LogP contribution < -0.4 is 11.1 Å². The highest BCUT2D eigenvalue weighted by molar-refractivity contribution is 6.30. The molecule has 0 aliphatic rings. The molecule has 12 heteroatoms. The molecule has 0 spiro atoms. The number of aryl methyl sites for hydroxylation is 1. The number of halogens is 4. The highest BCUT2D eigenvalue weighted by atomic mass is 35.5. The number of aliphatic hydroxyl groups is 1. The molecule has 35 heavy (non-hydrogen) atoms. The van der Waals surface area contributed by atoms with Gasteiger partial charge in [0.2, 0.25) is 0 Å². The van der Waals surface area contributed by atoms with E-state index in [0.717, 1.165) is 16.9 Å². The first-order valence-electron chi connectivity index (χ1n) is 10.4.